The number of hydrogen-bond donors (Lipinski definition) is 2. The number of rotatable bonds is 8. The van der Waals surface area contributed by atoms with Crippen molar-refractivity contribution in [3.63, 3.8) is 0 Å². The molecule has 0 saturated carbocycles. The van der Waals surface area contributed by atoms with E-state index in [0.29, 0.717) is 24.3 Å². The Bertz CT molecular complexity index is 774. The molecule has 1 saturated heterocycles. The highest BCUT2D eigenvalue weighted by Crippen LogP contribution is 2.30. The third kappa shape index (κ3) is 6.18. The van der Waals surface area contributed by atoms with Crippen LogP contribution in [-0.4, -0.2) is 40.6 Å². The third-order valence-corrected chi connectivity index (χ3v) is 5.03. The molecular weight excluding hydrogens is 390 g/mol. The molecule has 1 aromatic heterocycles. The van der Waals surface area contributed by atoms with Crippen molar-refractivity contribution < 1.29 is 9.53 Å². The predicted octanol–water partition coefficient (Wildman–Crippen LogP) is 3.54. The fourth-order valence-electron chi connectivity index (χ4n) is 3.65. The van der Waals surface area contributed by atoms with Gasteiger partial charge in [-0.05, 0) is 51.3 Å². The van der Waals surface area contributed by atoms with Crippen LogP contribution in [0.3, 0.4) is 0 Å². The zero-order valence-corrected chi connectivity index (χ0v) is 18.2. The minimum absolute atomic E-state index is 0. The molecule has 0 radical (unpaired) electrons. The monoisotopic (exact) mass is 421 g/mol. The van der Waals surface area contributed by atoms with E-state index >= 15 is 0 Å². The van der Waals surface area contributed by atoms with Gasteiger partial charge in [0.05, 0.1) is 24.9 Å². The first-order chi connectivity index (χ1) is 13.6. The molecule has 0 spiro atoms. The van der Waals surface area contributed by atoms with Crippen LogP contribution >= 0.6 is 12.4 Å². The molecule has 7 nitrogen and oxygen atoms in total. The molecule has 1 aliphatic rings. The van der Waals surface area contributed by atoms with Crippen LogP contribution in [0.5, 0.6) is 5.75 Å². The zero-order valence-electron chi connectivity index (χ0n) is 17.4. The van der Waals surface area contributed by atoms with E-state index in [1.165, 1.54) is 0 Å². The number of carbonyl (C=O) groups is 1. The highest BCUT2D eigenvalue weighted by atomic mass is 35.5. The Morgan fingerprint density at radius 2 is 2.03 bits per heavy atom. The van der Waals surface area contributed by atoms with E-state index in [2.05, 4.69) is 34.8 Å². The number of benzene rings is 1. The van der Waals surface area contributed by atoms with Crippen LogP contribution < -0.4 is 15.4 Å². The molecule has 1 amide bonds. The molecule has 0 aliphatic carbocycles. The van der Waals surface area contributed by atoms with Gasteiger partial charge in [-0.3, -0.25) is 4.79 Å². The van der Waals surface area contributed by atoms with Gasteiger partial charge in [0.2, 0.25) is 0 Å². The quantitative estimate of drug-likeness (QED) is 0.681. The summed E-state index contributed by atoms with van der Waals surface area (Å²) in [5, 5.41) is 14.8. The fraction of sp³-hybridized carbons (Fsp3) is 0.571. The smallest absolute Gasteiger partial charge is 0.273 e. The first kappa shape index (κ1) is 23.2. The lowest BCUT2D eigenvalue weighted by Gasteiger charge is -2.23. The second kappa shape index (κ2) is 11.2. The number of aromatic nitrogens is 3. The van der Waals surface area contributed by atoms with Gasteiger partial charge in [0.25, 0.3) is 5.91 Å². The highest BCUT2D eigenvalue weighted by Gasteiger charge is 2.23. The van der Waals surface area contributed by atoms with Crippen molar-refractivity contribution in [2.75, 3.05) is 19.7 Å². The molecule has 2 N–H and O–H groups in total. The molecule has 2 heterocycles. The summed E-state index contributed by atoms with van der Waals surface area (Å²) in [6.45, 7) is 8.79. The highest BCUT2D eigenvalue weighted by molar-refractivity contribution is 5.92. The number of hydrogen-bond acceptors (Lipinski definition) is 5. The maximum atomic E-state index is 12.9. The van der Waals surface area contributed by atoms with E-state index in [1.54, 1.807) is 6.20 Å². The van der Waals surface area contributed by atoms with Crippen molar-refractivity contribution in [3.8, 4) is 5.75 Å². The topological polar surface area (TPSA) is 81.1 Å². The first-order valence-electron chi connectivity index (χ1n) is 10.2. The van der Waals surface area contributed by atoms with E-state index in [-0.39, 0.29) is 24.4 Å². The Hall–Kier alpha value is -2.12. The molecule has 1 fully saturated rings. The Balaban J connectivity index is 0.00000300. The molecule has 29 heavy (non-hydrogen) atoms. The normalized spacial score (nSPS) is 15.6. The molecular formula is C21H32ClN5O2. The number of ether oxygens (including phenoxy) is 1. The average Bonchev–Trinajstić information content (AvgIpc) is 3.19. The van der Waals surface area contributed by atoms with E-state index in [1.807, 2.05) is 35.9 Å². The molecule has 8 heteroatoms. The number of nitrogens with one attached hydrogen (secondary N) is 2. The molecule has 1 aliphatic heterocycles. The van der Waals surface area contributed by atoms with E-state index in [4.69, 9.17) is 4.74 Å². The molecule has 1 aromatic carbocycles. The average molecular weight is 422 g/mol. The number of nitrogens with zero attached hydrogens (tertiary/aromatic N) is 3. The molecule has 2 aromatic rings. The maximum absolute atomic E-state index is 12.9. The van der Waals surface area contributed by atoms with Crippen LogP contribution in [0, 0.1) is 5.92 Å². The van der Waals surface area contributed by atoms with Gasteiger partial charge in [0, 0.05) is 5.56 Å². The Morgan fingerprint density at radius 1 is 1.31 bits per heavy atom. The minimum Gasteiger partial charge on any atom is -0.494 e. The van der Waals surface area contributed by atoms with Crippen LogP contribution in [0.4, 0.5) is 0 Å². The second-order valence-electron chi connectivity index (χ2n) is 7.69. The van der Waals surface area contributed by atoms with Crippen molar-refractivity contribution in [2.45, 2.75) is 52.1 Å². The maximum Gasteiger partial charge on any atom is 0.273 e. The van der Waals surface area contributed by atoms with Crippen molar-refractivity contribution in [1.29, 1.82) is 0 Å². The van der Waals surface area contributed by atoms with Gasteiger partial charge in [-0.15, -0.1) is 17.5 Å². The van der Waals surface area contributed by atoms with Gasteiger partial charge in [0.1, 0.15) is 5.75 Å². The summed E-state index contributed by atoms with van der Waals surface area (Å²) in [5.74, 6) is 1.04. The summed E-state index contributed by atoms with van der Waals surface area (Å²) in [5.41, 5.74) is 1.36. The zero-order chi connectivity index (χ0) is 19.9. The van der Waals surface area contributed by atoms with Crippen molar-refractivity contribution in [3.05, 3.63) is 41.7 Å². The minimum atomic E-state index is -0.197. The Kier molecular flexibility index (Phi) is 8.92. The van der Waals surface area contributed by atoms with Crippen molar-refractivity contribution in [2.24, 2.45) is 5.92 Å². The van der Waals surface area contributed by atoms with E-state index in [9.17, 15) is 4.79 Å². The Morgan fingerprint density at radius 3 is 2.72 bits per heavy atom. The molecule has 1 atom stereocenters. The van der Waals surface area contributed by atoms with Crippen LogP contribution in [-0.2, 0) is 0 Å². The second-order valence-corrected chi connectivity index (χ2v) is 7.69. The van der Waals surface area contributed by atoms with Crippen LogP contribution in [0.1, 0.15) is 68.2 Å². The SMILES string of the molecule is CCOc1ccccc1C(CC(C)C)NC(=O)c1cn(C2CCNCC2)nn1.Cl. The van der Waals surface area contributed by atoms with Gasteiger partial charge < -0.3 is 15.4 Å². The molecule has 160 valence electrons. The largest absolute Gasteiger partial charge is 0.494 e. The Labute approximate surface area is 179 Å². The first-order valence-corrected chi connectivity index (χ1v) is 10.2. The third-order valence-electron chi connectivity index (χ3n) is 5.03. The standard InChI is InChI=1S/C21H31N5O2.ClH/c1-4-28-20-8-6-5-7-17(20)18(13-15(2)3)23-21(27)19-14-26(25-24-19)16-9-11-22-12-10-16;/h5-8,14-16,18,22H,4,9-13H2,1-3H3,(H,23,27);1H. The van der Waals surface area contributed by atoms with Gasteiger partial charge in [-0.25, -0.2) is 4.68 Å². The molecule has 3 rings (SSSR count). The summed E-state index contributed by atoms with van der Waals surface area (Å²) < 4.78 is 7.62. The summed E-state index contributed by atoms with van der Waals surface area (Å²) >= 11 is 0. The van der Waals surface area contributed by atoms with Crippen LogP contribution in [0.25, 0.3) is 0 Å². The van der Waals surface area contributed by atoms with E-state index in [0.717, 1.165) is 43.7 Å². The summed E-state index contributed by atoms with van der Waals surface area (Å²) in [6.07, 6.45) is 4.59. The lowest BCUT2D eigenvalue weighted by Crippen LogP contribution is -2.30. The number of carbonyl (C=O) groups excluding carboxylic acids is 1. The van der Waals surface area contributed by atoms with Crippen LogP contribution in [0.2, 0.25) is 0 Å². The van der Waals surface area contributed by atoms with Crippen molar-refractivity contribution in [1.82, 2.24) is 25.6 Å². The predicted molar refractivity (Wildman–Crippen MR) is 116 cm³/mol. The lowest BCUT2D eigenvalue weighted by molar-refractivity contribution is 0.0926. The lowest BCUT2D eigenvalue weighted by atomic mass is 9.96. The summed E-state index contributed by atoms with van der Waals surface area (Å²) in [6, 6.07) is 8.06. The number of piperidine rings is 1. The molecule has 0 bridgehead atoms. The van der Waals surface area contributed by atoms with E-state index < -0.39 is 0 Å². The van der Waals surface area contributed by atoms with Gasteiger partial charge >= 0.3 is 0 Å². The van der Waals surface area contributed by atoms with Crippen molar-refractivity contribution >= 4 is 18.3 Å². The summed E-state index contributed by atoms with van der Waals surface area (Å²) in [7, 11) is 0. The number of para-hydroxylation sites is 1. The fourth-order valence-corrected chi connectivity index (χ4v) is 3.65. The van der Waals surface area contributed by atoms with Crippen LogP contribution in [0.15, 0.2) is 30.5 Å². The van der Waals surface area contributed by atoms with Gasteiger partial charge in [-0.1, -0.05) is 37.3 Å². The molecule has 1 unspecified atom stereocenters. The summed E-state index contributed by atoms with van der Waals surface area (Å²) in [4.78, 5) is 12.9. The van der Waals surface area contributed by atoms with Gasteiger partial charge in [0.15, 0.2) is 5.69 Å². The number of halogens is 1. The number of amides is 1. The van der Waals surface area contributed by atoms with Gasteiger partial charge in [-0.2, -0.15) is 0 Å².